The Morgan fingerprint density at radius 3 is 2.09 bits per heavy atom. The van der Waals surface area contributed by atoms with E-state index in [1.165, 1.54) is 0 Å². The molecule has 0 aromatic carbocycles. The molecule has 6 nitrogen and oxygen atoms in total. The molecular formula is C17H29NO5. The van der Waals surface area contributed by atoms with Crippen molar-refractivity contribution >= 4 is 11.9 Å². The molecule has 1 saturated heterocycles. The van der Waals surface area contributed by atoms with Gasteiger partial charge < -0.3 is 14.9 Å². The second-order valence-electron chi connectivity index (χ2n) is 6.55. The Hall–Kier alpha value is -1.40. The number of carboxylic acid groups (broad SMARTS) is 2. The largest absolute Gasteiger partial charge is 0.478 e. The summed E-state index contributed by atoms with van der Waals surface area (Å²) in [6.45, 7) is 9.87. The van der Waals surface area contributed by atoms with Crippen LogP contribution in [0.2, 0.25) is 0 Å². The first kappa shape index (κ1) is 19.6. The number of aliphatic carboxylic acids is 2. The van der Waals surface area contributed by atoms with Crippen LogP contribution in [-0.4, -0.2) is 59.9 Å². The lowest BCUT2D eigenvalue weighted by atomic mass is 9.88. The van der Waals surface area contributed by atoms with Crippen LogP contribution in [0.3, 0.4) is 0 Å². The molecule has 2 N–H and O–H groups in total. The van der Waals surface area contributed by atoms with Gasteiger partial charge in [0.2, 0.25) is 0 Å². The van der Waals surface area contributed by atoms with E-state index in [-0.39, 0.29) is 17.1 Å². The number of rotatable bonds is 9. The smallest absolute Gasteiger partial charge is 0.332 e. The molecule has 0 radical (unpaired) electrons. The van der Waals surface area contributed by atoms with Crippen molar-refractivity contribution in [2.75, 3.05) is 32.8 Å². The molecule has 1 aliphatic heterocycles. The molecule has 0 saturated carbocycles. The van der Waals surface area contributed by atoms with E-state index >= 15 is 0 Å². The van der Waals surface area contributed by atoms with Gasteiger partial charge in [0.25, 0.3) is 0 Å². The number of morpholine rings is 1. The maximum atomic E-state index is 11.5. The first-order valence-corrected chi connectivity index (χ1v) is 8.31. The van der Waals surface area contributed by atoms with Gasteiger partial charge in [0, 0.05) is 24.2 Å². The highest BCUT2D eigenvalue weighted by molar-refractivity contribution is 5.98. The normalized spacial score (nSPS) is 18.6. The first-order chi connectivity index (χ1) is 10.8. The summed E-state index contributed by atoms with van der Waals surface area (Å²) in [5.41, 5.74) is 0.110. The highest BCUT2D eigenvalue weighted by Gasteiger charge is 2.23. The minimum atomic E-state index is -1.11. The number of nitrogens with zero attached hydrogens (tertiary/aromatic N) is 1. The minimum Gasteiger partial charge on any atom is -0.478 e. The summed E-state index contributed by atoms with van der Waals surface area (Å²) >= 11 is 0. The molecule has 1 unspecified atom stereocenters. The van der Waals surface area contributed by atoms with Crippen LogP contribution < -0.4 is 0 Å². The Morgan fingerprint density at radius 1 is 1.04 bits per heavy atom. The third-order valence-electron chi connectivity index (χ3n) is 4.55. The van der Waals surface area contributed by atoms with Crippen LogP contribution in [0, 0.1) is 11.8 Å². The second-order valence-corrected chi connectivity index (χ2v) is 6.55. The number of hydrogen-bond acceptors (Lipinski definition) is 4. The van der Waals surface area contributed by atoms with Crippen LogP contribution in [0.4, 0.5) is 0 Å². The molecule has 0 aliphatic carbocycles. The zero-order valence-electron chi connectivity index (χ0n) is 14.4. The van der Waals surface area contributed by atoms with Gasteiger partial charge in [-0.1, -0.05) is 20.8 Å². The van der Waals surface area contributed by atoms with E-state index < -0.39 is 11.9 Å². The molecule has 0 bridgehead atoms. The predicted octanol–water partition coefficient (Wildman–Crippen LogP) is 2.25. The van der Waals surface area contributed by atoms with E-state index in [2.05, 4.69) is 4.90 Å². The lowest BCUT2D eigenvalue weighted by Crippen LogP contribution is -2.36. The maximum absolute atomic E-state index is 11.5. The van der Waals surface area contributed by atoms with Crippen LogP contribution in [0.15, 0.2) is 11.1 Å². The molecule has 1 rings (SSSR count). The fourth-order valence-corrected chi connectivity index (χ4v) is 2.59. The van der Waals surface area contributed by atoms with Gasteiger partial charge in [0.15, 0.2) is 0 Å². The van der Waals surface area contributed by atoms with Gasteiger partial charge in [-0.25, -0.2) is 9.59 Å². The summed E-state index contributed by atoms with van der Waals surface area (Å²) in [5, 5.41) is 18.8. The SMILES string of the molecule is CC(C)C(C)C/C(C(=O)O)=C(/CCCN1CCOCC1)C(=O)O. The molecule has 1 aliphatic rings. The van der Waals surface area contributed by atoms with E-state index in [0.29, 0.717) is 38.4 Å². The lowest BCUT2D eigenvalue weighted by molar-refractivity contribution is -0.136. The fraction of sp³-hybridized carbons (Fsp3) is 0.765. The van der Waals surface area contributed by atoms with Crippen LogP contribution >= 0.6 is 0 Å². The van der Waals surface area contributed by atoms with Crippen LogP contribution in [-0.2, 0) is 14.3 Å². The Kier molecular flexibility index (Phi) is 8.26. The van der Waals surface area contributed by atoms with E-state index in [0.717, 1.165) is 19.6 Å². The predicted molar refractivity (Wildman–Crippen MR) is 87.4 cm³/mol. The van der Waals surface area contributed by atoms with Crippen molar-refractivity contribution in [3.05, 3.63) is 11.1 Å². The Morgan fingerprint density at radius 2 is 1.61 bits per heavy atom. The Labute approximate surface area is 138 Å². The Balaban J connectivity index is 2.73. The average Bonchev–Trinajstić information content (AvgIpc) is 2.50. The Bertz CT molecular complexity index is 438. The monoisotopic (exact) mass is 327 g/mol. The van der Waals surface area contributed by atoms with Crippen molar-refractivity contribution in [3.8, 4) is 0 Å². The number of carbonyl (C=O) groups is 2. The van der Waals surface area contributed by atoms with E-state index in [1.54, 1.807) is 0 Å². The van der Waals surface area contributed by atoms with Gasteiger partial charge >= 0.3 is 11.9 Å². The summed E-state index contributed by atoms with van der Waals surface area (Å²) < 4.78 is 5.28. The highest BCUT2D eigenvalue weighted by atomic mass is 16.5. The topological polar surface area (TPSA) is 87.1 Å². The maximum Gasteiger partial charge on any atom is 0.332 e. The van der Waals surface area contributed by atoms with Crippen molar-refractivity contribution in [1.29, 1.82) is 0 Å². The molecule has 1 heterocycles. The van der Waals surface area contributed by atoms with Crippen molar-refractivity contribution in [1.82, 2.24) is 4.90 Å². The zero-order chi connectivity index (χ0) is 17.4. The summed E-state index contributed by atoms with van der Waals surface area (Å²) in [6.07, 6.45) is 1.24. The quantitative estimate of drug-likeness (QED) is 0.632. The highest BCUT2D eigenvalue weighted by Crippen LogP contribution is 2.24. The average molecular weight is 327 g/mol. The summed E-state index contributed by atoms with van der Waals surface area (Å²) in [4.78, 5) is 25.3. The standard InChI is InChI=1S/C17H29NO5/c1-12(2)13(3)11-15(17(21)22)14(16(19)20)5-4-6-18-7-9-23-10-8-18/h12-13H,4-11H2,1-3H3,(H,19,20)(H,21,22)/b15-14+. The number of hydrogen-bond donors (Lipinski definition) is 2. The summed E-state index contributed by atoms with van der Waals surface area (Å²) in [7, 11) is 0. The van der Waals surface area contributed by atoms with Crippen molar-refractivity contribution in [2.24, 2.45) is 11.8 Å². The van der Waals surface area contributed by atoms with Crippen molar-refractivity contribution in [3.63, 3.8) is 0 Å². The summed E-state index contributed by atoms with van der Waals surface area (Å²) in [6, 6.07) is 0. The third-order valence-corrected chi connectivity index (χ3v) is 4.55. The van der Waals surface area contributed by atoms with Crippen LogP contribution in [0.25, 0.3) is 0 Å². The molecule has 0 spiro atoms. The molecule has 132 valence electrons. The second kappa shape index (κ2) is 9.67. The molecule has 0 aromatic heterocycles. The van der Waals surface area contributed by atoms with Gasteiger partial charge in [-0.15, -0.1) is 0 Å². The molecule has 23 heavy (non-hydrogen) atoms. The van der Waals surface area contributed by atoms with Crippen LogP contribution in [0.5, 0.6) is 0 Å². The van der Waals surface area contributed by atoms with E-state index in [4.69, 9.17) is 4.74 Å². The van der Waals surface area contributed by atoms with Crippen molar-refractivity contribution in [2.45, 2.75) is 40.0 Å². The van der Waals surface area contributed by atoms with Crippen molar-refractivity contribution < 1.29 is 24.5 Å². The van der Waals surface area contributed by atoms with Crippen LogP contribution in [0.1, 0.15) is 40.0 Å². The summed E-state index contributed by atoms with van der Waals surface area (Å²) in [5.74, 6) is -1.77. The van der Waals surface area contributed by atoms with E-state index in [9.17, 15) is 19.8 Å². The van der Waals surface area contributed by atoms with E-state index in [1.807, 2.05) is 20.8 Å². The third kappa shape index (κ3) is 6.71. The molecular weight excluding hydrogens is 298 g/mol. The number of carboxylic acids is 2. The first-order valence-electron chi connectivity index (χ1n) is 8.31. The minimum absolute atomic E-state index is 0.0539. The molecule has 1 fully saturated rings. The molecule has 0 aromatic rings. The van der Waals surface area contributed by atoms with Gasteiger partial charge in [-0.3, -0.25) is 4.90 Å². The molecule has 1 atom stereocenters. The fourth-order valence-electron chi connectivity index (χ4n) is 2.59. The zero-order valence-corrected chi connectivity index (χ0v) is 14.4. The van der Waals surface area contributed by atoms with Gasteiger partial charge in [0.1, 0.15) is 0 Å². The molecule has 6 heteroatoms. The number of ether oxygens (including phenoxy) is 1. The van der Waals surface area contributed by atoms with Gasteiger partial charge in [-0.05, 0) is 37.6 Å². The lowest BCUT2D eigenvalue weighted by Gasteiger charge is -2.26. The van der Waals surface area contributed by atoms with Gasteiger partial charge in [-0.2, -0.15) is 0 Å². The molecule has 0 amide bonds. The van der Waals surface area contributed by atoms with Gasteiger partial charge in [0.05, 0.1) is 13.2 Å².